The van der Waals surface area contributed by atoms with E-state index in [0.717, 1.165) is 31.7 Å². The minimum atomic E-state index is -3.67. The predicted octanol–water partition coefficient (Wildman–Crippen LogP) is 2.90. The van der Waals surface area contributed by atoms with Gasteiger partial charge in [-0.3, -0.25) is 0 Å². The van der Waals surface area contributed by atoms with Gasteiger partial charge in [0.05, 0.1) is 4.90 Å². The smallest absolute Gasteiger partial charge is 0.211 e. The number of nitrogens with one attached hydrogen (secondary N) is 1. The SMILES string of the molecule is O=S(=O)(NCC1(CCl)CCCC1)c1cccc(F)c1. The lowest BCUT2D eigenvalue weighted by Gasteiger charge is -2.26. The Balaban J connectivity index is 2.09. The van der Waals surface area contributed by atoms with Crippen LogP contribution < -0.4 is 4.72 Å². The molecule has 1 N–H and O–H groups in total. The highest BCUT2D eigenvalue weighted by Crippen LogP contribution is 2.38. The first-order valence-corrected chi connectivity index (χ1v) is 8.30. The summed E-state index contributed by atoms with van der Waals surface area (Å²) in [5.41, 5.74) is -0.151. The summed E-state index contributed by atoms with van der Waals surface area (Å²) >= 11 is 5.97. The number of sulfonamides is 1. The van der Waals surface area contributed by atoms with Gasteiger partial charge in [-0.25, -0.2) is 17.5 Å². The lowest BCUT2D eigenvalue weighted by Crippen LogP contribution is -2.37. The van der Waals surface area contributed by atoms with Gasteiger partial charge >= 0.3 is 0 Å². The Morgan fingerprint density at radius 2 is 2.00 bits per heavy atom. The normalized spacial score (nSPS) is 18.6. The molecule has 1 fully saturated rings. The topological polar surface area (TPSA) is 46.2 Å². The molecule has 2 rings (SSSR count). The number of benzene rings is 1. The van der Waals surface area contributed by atoms with Gasteiger partial charge < -0.3 is 0 Å². The van der Waals surface area contributed by atoms with Crippen LogP contribution in [0.25, 0.3) is 0 Å². The lowest BCUT2D eigenvalue weighted by molar-refractivity contribution is 0.342. The Morgan fingerprint density at radius 3 is 2.58 bits per heavy atom. The quantitative estimate of drug-likeness (QED) is 0.850. The van der Waals surface area contributed by atoms with E-state index in [-0.39, 0.29) is 10.3 Å². The molecule has 106 valence electrons. The highest BCUT2D eigenvalue weighted by atomic mass is 35.5. The predicted molar refractivity (Wildman–Crippen MR) is 73.2 cm³/mol. The van der Waals surface area contributed by atoms with E-state index >= 15 is 0 Å². The van der Waals surface area contributed by atoms with E-state index in [2.05, 4.69) is 4.72 Å². The van der Waals surface area contributed by atoms with Crippen LogP contribution in [0.5, 0.6) is 0 Å². The van der Waals surface area contributed by atoms with Gasteiger partial charge in [-0.2, -0.15) is 0 Å². The average Bonchev–Trinajstić information content (AvgIpc) is 2.86. The van der Waals surface area contributed by atoms with Crippen LogP contribution >= 0.6 is 11.6 Å². The molecule has 1 aromatic carbocycles. The second-order valence-electron chi connectivity index (χ2n) is 5.12. The van der Waals surface area contributed by atoms with Crippen LogP contribution in [0.3, 0.4) is 0 Å². The van der Waals surface area contributed by atoms with Crippen molar-refractivity contribution >= 4 is 21.6 Å². The molecule has 0 bridgehead atoms. The van der Waals surface area contributed by atoms with Gasteiger partial charge in [0.15, 0.2) is 0 Å². The molecule has 0 heterocycles. The second-order valence-corrected chi connectivity index (χ2v) is 7.16. The van der Waals surface area contributed by atoms with Crippen molar-refractivity contribution < 1.29 is 12.8 Å². The molecule has 0 radical (unpaired) electrons. The lowest BCUT2D eigenvalue weighted by atomic mass is 9.89. The Morgan fingerprint density at radius 1 is 1.32 bits per heavy atom. The summed E-state index contributed by atoms with van der Waals surface area (Å²) in [4.78, 5) is -0.0461. The number of halogens is 2. The summed E-state index contributed by atoms with van der Waals surface area (Å²) in [6.45, 7) is 0.315. The number of hydrogen-bond donors (Lipinski definition) is 1. The largest absolute Gasteiger partial charge is 0.240 e. The molecule has 1 aromatic rings. The molecule has 0 aromatic heterocycles. The maximum atomic E-state index is 13.1. The molecule has 6 heteroatoms. The summed E-state index contributed by atoms with van der Waals surface area (Å²) in [7, 11) is -3.67. The van der Waals surface area contributed by atoms with Gasteiger partial charge in [0.2, 0.25) is 10.0 Å². The fourth-order valence-electron chi connectivity index (χ4n) is 2.45. The van der Waals surface area contributed by atoms with Crippen molar-refractivity contribution in [2.24, 2.45) is 5.41 Å². The molecule has 0 atom stereocenters. The molecule has 0 aliphatic heterocycles. The fraction of sp³-hybridized carbons (Fsp3) is 0.538. The maximum Gasteiger partial charge on any atom is 0.240 e. The van der Waals surface area contributed by atoms with Crippen molar-refractivity contribution in [3.8, 4) is 0 Å². The number of rotatable bonds is 5. The zero-order valence-corrected chi connectivity index (χ0v) is 12.1. The molecular weight excluding hydrogens is 289 g/mol. The Kier molecular flexibility index (Phi) is 4.48. The third kappa shape index (κ3) is 3.46. The molecule has 0 amide bonds. The summed E-state index contributed by atoms with van der Waals surface area (Å²) in [6.07, 6.45) is 4.02. The zero-order chi connectivity index (χ0) is 13.9. The maximum absolute atomic E-state index is 13.1. The second kappa shape index (κ2) is 5.77. The van der Waals surface area contributed by atoms with Crippen molar-refractivity contribution in [3.63, 3.8) is 0 Å². The first-order chi connectivity index (χ1) is 8.97. The molecule has 1 saturated carbocycles. The Labute approximate surface area is 118 Å². The van der Waals surface area contributed by atoms with Gasteiger partial charge in [-0.1, -0.05) is 18.9 Å². The van der Waals surface area contributed by atoms with Gasteiger partial charge in [-0.15, -0.1) is 11.6 Å². The summed E-state index contributed by atoms with van der Waals surface area (Å²) in [6, 6.07) is 5.00. The van der Waals surface area contributed by atoms with E-state index in [9.17, 15) is 12.8 Å². The standard InChI is InChI=1S/C13H17ClFNO2S/c14-9-13(6-1-2-7-13)10-16-19(17,18)12-5-3-4-11(15)8-12/h3-5,8,16H,1-2,6-7,9-10H2. The van der Waals surface area contributed by atoms with Gasteiger partial charge in [0.25, 0.3) is 0 Å². The zero-order valence-electron chi connectivity index (χ0n) is 10.5. The van der Waals surface area contributed by atoms with Gasteiger partial charge in [0, 0.05) is 12.4 Å². The van der Waals surface area contributed by atoms with Crippen LogP contribution in [0, 0.1) is 11.2 Å². The molecule has 0 spiro atoms. The van der Waals surface area contributed by atoms with Gasteiger partial charge in [0.1, 0.15) is 5.82 Å². The molecular formula is C13H17ClFNO2S. The van der Waals surface area contributed by atoms with E-state index in [1.165, 1.54) is 18.2 Å². The fourth-order valence-corrected chi connectivity index (χ4v) is 4.00. The average molecular weight is 306 g/mol. The number of alkyl halides is 1. The van der Waals surface area contributed by atoms with Gasteiger partial charge in [-0.05, 0) is 36.5 Å². The van der Waals surface area contributed by atoms with Crippen molar-refractivity contribution in [2.75, 3.05) is 12.4 Å². The van der Waals surface area contributed by atoms with Crippen LogP contribution in [-0.2, 0) is 10.0 Å². The summed E-state index contributed by atoms with van der Waals surface area (Å²) < 4.78 is 39.8. The monoisotopic (exact) mass is 305 g/mol. The molecule has 1 aliphatic rings. The minimum absolute atomic E-state index is 0.0461. The van der Waals surface area contributed by atoms with E-state index in [4.69, 9.17) is 11.6 Å². The highest BCUT2D eigenvalue weighted by Gasteiger charge is 2.34. The van der Waals surface area contributed by atoms with E-state index < -0.39 is 15.8 Å². The summed E-state index contributed by atoms with van der Waals surface area (Å²) in [5.74, 6) is -0.116. The van der Waals surface area contributed by atoms with Crippen molar-refractivity contribution in [3.05, 3.63) is 30.1 Å². The van der Waals surface area contributed by atoms with E-state index in [1.807, 2.05) is 0 Å². The first-order valence-electron chi connectivity index (χ1n) is 6.29. The Hall–Kier alpha value is -0.650. The van der Waals surface area contributed by atoms with Crippen LogP contribution in [0.2, 0.25) is 0 Å². The molecule has 1 aliphatic carbocycles. The van der Waals surface area contributed by atoms with Crippen LogP contribution in [-0.4, -0.2) is 20.8 Å². The highest BCUT2D eigenvalue weighted by molar-refractivity contribution is 7.89. The van der Waals surface area contributed by atoms with Crippen LogP contribution in [0.1, 0.15) is 25.7 Å². The first kappa shape index (κ1) is 14.8. The Bertz CT molecular complexity index is 541. The summed E-state index contributed by atoms with van der Waals surface area (Å²) in [5, 5.41) is 0. The van der Waals surface area contributed by atoms with Crippen LogP contribution in [0.4, 0.5) is 4.39 Å². The third-order valence-electron chi connectivity index (χ3n) is 3.69. The van der Waals surface area contributed by atoms with Crippen LogP contribution in [0.15, 0.2) is 29.2 Å². The molecule has 3 nitrogen and oxygen atoms in total. The third-order valence-corrected chi connectivity index (χ3v) is 5.66. The molecule has 19 heavy (non-hydrogen) atoms. The van der Waals surface area contributed by atoms with Crippen molar-refractivity contribution in [2.45, 2.75) is 30.6 Å². The van der Waals surface area contributed by atoms with Crippen molar-refractivity contribution in [1.82, 2.24) is 4.72 Å². The van der Waals surface area contributed by atoms with Crippen molar-refractivity contribution in [1.29, 1.82) is 0 Å². The molecule has 0 saturated heterocycles. The molecule has 0 unspecified atom stereocenters. The minimum Gasteiger partial charge on any atom is -0.211 e. The number of hydrogen-bond acceptors (Lipinski definition) is 2. The van der Waals surface area contributed by atoms with E-state index in [0.29, 0.717) is 12.4 Å². The van der Waals surface area contributed by atoms with E-state index in [1.54, 1.807) is 0 Å².